The fourth-order valence-corrected chi connectivity index (χ4v) is 1.84. The first-order valence-electron chi connectivity index (χ1n) is 5.25. The maximum absolute atomic E-state index is 11.5. The summed E-state index contributed by atoms with van der Waals surface area (Å²) < 4.78 is 4.72. The summed E-state index contributed by atoms with van der Waals surface area (Å²) in [6.45, 7) is 3.85. The van der Waals surface area contributed by atoms with Gasteiger partial charge in [0.05, 0.1) is 18.9 Å². The third kappa shape index (κ3) is 3.15. The monoisotopic (exact) mass is 212 g/mol. The van der Waals surface area contributed by atoms with Crippen molar-refractivity contribution >= 4 is 17.5 Å². The molecule has 0 unspecified atom stereocenters. The molecule has 1 aliphatic carbocycles. The number of carbonyl (C=O) groups is 3. The molecule has 1 rings (SSSR count). The van der Waals surface area contributed by atoms with Gasteiger partial charge >= 0.3 is 5.97 Å². The molecule has 0 aromatic carbocycles. The van der Waals surface area contributed by atoms with E-state index in [9.17, 15) is 14.4 Å². The van der Waals surface area contributed by atoms with Crippen molar-refractivity contribution in [2.45, 2.75) is 33.1 Å². The highest BCUT2D eigenvalue weighted by Crippen LogP contribution is 2.25. The predicted octanol–water partition coefficient (Wildman–Crippen LogP) is 1.12. The quantitative estimate of drug-likeness (QED) is 0.519. The highest BCUT2D eigenvalue weighted by atomic mass is 16.5. The molecule has 0 aromatic heterocycles. The Morgan fingerprint density at radius 3 is 2.33 bits per heavy atom. The minimum absolute atomic E-state index is 0.0851. The Morgan fingerprint density at radius 1 is 1.33 bits per heavy atom. The van der Waals surface area contributed by atoms with Crippen LogP contribution in [0.25, 0.3) is 0 Å². The Morgan fingerprint density at radius 2 is 1.87 bits per heavy atom. The summed E-state index contributed by atoms with van der Waals surface area (Å²) >= 11 is 0. The lowest BCUT2D eigenvalue weighted by molar-refractivity contribution is -0.150. The zero-order valence-electron chi connectivity index (χ0n) is 9.12. The van der Waals surface area contributed by atoms with E-state index < -0.39 is 11.9 Å². The van der Waals surface area contributed by atoms with E-state index in [1.165, 1.54) is 0 Å². The Labute approximate surface area is 89.0 Å². The second-order valence-electron chi connectivity index (χ2n) is 4.01. The van der Waals surface area contributed by atoms with E-state index in [1.807, 2.05) is 6.92 Å². The largest absolute Gasteiger partial charge is 0.466 e. The molecule has 0 heterocycles. The first-order valence-corrected chi connectivity index (χ1v) is 5.25. The molecule has 4 nitrogen and oxygen atoms in total. The lowest BCUT2D eigenvalue weighted by atomic mass is 9.79. The van der Waals surface area contributed by atoms with Crippen LogP contribution in [0.15, 0.2) is 0 Å². The number of ketones is 2. The molecule has 0 aliphatic heterocycles. The fourth-order valence-electron chi connectivity index (χ4n) is 1.84. The molecule has 0 bridgehead atoms. The van der Waals surface area contributed by atoms with E-state index in [1.54, 1.807) is 6.92 Å². The van der Waals surface area contributed by atoms with E-state index in [0.29, 0.717) is 12.8 Å². The number of rotatable bonds is 3. The smallest absolute Gasteiger partial charge is 0.306 e. The zero-order valence-corrected chi connectivity index (χ0v) is 9.12. The molecule has 1 fully saturated rings. The van der Waals surface area contributed by atoms with Gasteiger partial charge in [-0.1, -0.05) is 6.92 Å². The molecule has 4 heteroatoms. The summed E-state index contributed by atoms with van der Waals surface area (Å²) in [7, 11) is 0. The standard InChI is InChI=1S/C11H16O4/c1-3-15-11(14)6-8-9(12)4-7(2)5-10(8)13/h7-8H,3-6H2,1-2H3. The van der Waals surface area contributed by atoms with Gasteiger partial charge in [0, 0.05) is 12.8 Å². The lowest BCUT2D eigenvalue weighted by Gasteiger charge is -2.22. The van der Waals surface area contributed by atoms with Crippen molar-refractivity contribution in [3.8, 4) is 0 Å². The molecule has 0 amide bonds. The van der Waals surface area contributed by atoms with Crippen LogP contribution in [0.3, 0.4) is 0 Å². The van der Waals surface area contributed by atoms with E-state index >= 15 is 0 Å². The Hall–Kier alpha value is -1.19. The summed E-state index contributed by atoms with van der Waals surface area (Å²) in [6, 6.07) is 0. The van der Waals surface area contributed by atoms with Crippen molar-refractivity contribution in [2.75, 3.05) is 6.61 Å². The summed E-state index contributed by atoms with van der Waals surface area (Å²) in [5.41, 5.74) is 0. The van der Waals surface area contributed by atoms with Crippen LogP contribution in [0.4, 0.5) is 0 Å². The minimum Gasteiger partial charge on any atom is -0.466 e. The number of esters is 1. The molecule has 0 spiro atoms. The Kier molecular flexibility index (Phi) is 4.00. The van der Waals surface area contributed by atoms with Gasteiger partial charge in [0.25, 0.3) is 0 Å². The summed E-state index contributed by atoms with van der Waals surface area (Å²) in [4.78, 5) is 34.2. The third-order valence-corrected chi connectivity index (χ3v) is 2.55. The first-order chi connectivity index (χ1) is 7.04. The maximum atomic E-state index is 11.5. The molecule has 84 valence electrons. The van der Waals surface area contributed by atoms with Gasteiger partial charge < -0.3 is 4.74 Å². The van der Waals surface area contributed by atoms with Crippen LogP contribution in [0, 0.1) is 11.8 Å². The SMILES string of the molecule is CCOC(=O)CC1C(=O)CC(C)CC1=O. The molecule has 0 N–H and O–H groups in total. The maximum Gasteiger partial charge on any atom is 0.306 e. The van der Waals surface area contributed by atoms with E-state index in [0.717, 1.165) is 0 Å². The lowest BCUT2D eigenvalue weighted by Crippen LogP contribution is -2.34. The topological polar surface area (TPSA) is 60.4 Å². The number of ether oxygens (including phenoxy) is 1. The van der Waals surface area contributed by atoms with Crippen molar-refractivity contribution in [2.24, 2.45) is 11.8 Å². The van der Waals surface area contributed by atoms with Crippen LogP contribution < -0.4 is 0 Å². The van der Waals surface area contributed by atoms with Gasteiger partial charge in [-0.2, -0.15) is 0 Å². The van der Waals surface area contributed by atoms with Crippen LogP contribution in [0.2, 0.25) is 0 Å². The molecular weight excluding hydrogens is 196 g/mol. The number of hydrogen-bond donors (Lipinski definition) is 0. The van der Waals surface area contributed by atoms with Gasteiger partial charge in [-0.15, -0.1) is 0 Å². The number of Topliss-reactive ketones (excluding diaryl/α,β-unsaturated/α-hetero) is 2. The van der Waals surface area contributed by atoms with Crippen molar-refractivity contribution in [1.29, 1.82) is 0 Å². The molecule has 1 aliphatic rings. The van der Waals surface area contributed by atoms with Crippen LogP contribution in [0.5, 0.6) is 0 Å². The van der Waals surface area contributed by atoms with E-state index in [4.69, 9.17) is 4.74 Å². The second-order valence-corrected chi connectivity index (χ2v) is 4.01. The van der Waals surface area contributed by atoms with Crippen molar-refractivity contribution in [1.82, 2.24) is 0 Å². The van der Waals surface area contributed by atoms with Gasteiger partial charge in [0.1, 0.15) is 11.6 Å². The minimum atomic E-state index is -0.750. The highest BCUT2D eigenvalue weighted by molar-refractivity contribution is 6.06. The molecule has 0 radical (unpaired) electrons. The van der Waals surface area contributed by atoms with Gasteiger partial charge in [-0.05, 0) is 12.8 Å². The van der Waals surface area contributed by atoms with Crippen molar-refractivity contribution in [3.05, 3.63) is 0 Å². The summed E-state index contributed by atoms with van der Waals surface area (Å²) in [6.07, 6.45) is 0.712. The Balaban J connectivity index is 2.57. The highest BCUT2D eigenvalue weighted by Gasteiger charge is 2.35. The first kappa shape index (κ1) is 11.9. The van der Waals surface area contributed by atoms with Crippen molar-refractivity contribution in [3.63, 3.8) is 0 Å². The summed E-state index contributed by atoms with van der Waals surface area (Å²) in [5.74, 6) is -1.33. The van der Waals surface area contributed by atoms with E-state index in [-0.39, 0.29) is 30.5 Å². The second kappa shape index (κ2) is 5.05. The van der Waals surface area contributed by atoms with Gasteiger partial charge in [-0.25, -0.2) is 0 Å². The molecular formula is C11H16O4. The van der Waals surface area contributed by atoms with Crippen LogP contribution in [-0.4, -0.2) is 24.1 Å². The fraction of sp³-hybridized carbons (Fsp3) is 0.727. The number of carbonyl (C=O) groups excluding carboxylic acids is 3. The zero-order chi connectivity index (χ0) is 11.4. The molecule has 0 aromatic rings. The van der Waals surface area contributed by atoms with Crippen LogP contribution >= 0.6 is 0 Å². The number of hydrogen-bond acceptors (Lipinski definition) is 4. The average Bonchev–Trinajstić information content (AvgIpc) is 2.11. The molecule has 15 heavy (non-hydrogen) atoms. The van der Waals surface area contributed by atoms with Gasteiger partial charge in [0.2, 0.25) is 0 Å². The van der Waals surface area contributed by atoms with Crippen LogP contribution in [0.1, 0.15) is 33.1 Å². The molecule has 0 atom stereocenters. The average molecular weight is 212 g/mol. The molecule has 0 saturated heterocycles. The Bertz CT molecular complexity index is 264. The van der Waals surface area contributed by atoms with Crippen molar-refractivity contribution < 1.29 is 19.1 Å². The predicted molar refractivity (Wildman–Crippen MR) is 53.2 cm³/mol. The normalized spacial score (nSPS) is 26.5. The van der Waals surface area contributed by atoms with Gasteiger partial charge in [-0.3, -0.25) is 14.4 Å². The van der Waals surface area contributed by atoms with E-state index in [2.05, 4.69) is 0 Å². The molecule has 1 saturated carbocycles. The third-order valence-electron chi connectivity index (χ3n) is 2.55. The van der Waals surface area contributed by atoms with Crippen LogP contribution in [-0.2, 0) is 19.1 Å². The summed E-state index contributed by atoms with van der Waals surface area (Å²) in [5, 5.41) is 0. The van der Waals surface area contributed by atoms with Gasteiger partial charge in [0.15, 0.2) is 0 Å².